The van der Waals surface area contributed by atoms with Crippen LogP contribution >= 0.6 is 11.8 Å². The number of hydrogen-bond acceptors (Lipinski definition) is 7. The average Bonchev–Trinajstić information content (AvgIpc) is 2.77. The molecule has 1 aliphatic rings. The number of halogens is 3. The van der Waals surface area contributed by atoms with E-state index in [1.807, 2.05) is 0 Å². The highest BCUT2D eigenvalue weighted by atomic mass is 32.2. The van der Waals surface area contributed by atoms with Gasteiger partial charge in [-0.2, -0.15) is 0 Å². The summed E-state index contributed by atoms with van der Waals surface area (Å²) in [6.45, 7) is 4.52. The molecule has 0 unspecified atom stereocenters. The predicted octanol–water partition coefficient (Wildman–Crippen LogP) is 3.82. The molecule has 7 nitrogen and oxygen atoms in total. The van der Waals surface area contributed by atoms with Gasteiger partial charge in [0, 0.05) is 17.2 Å². The maximum Gasteiger partial charge on any atom is 0.275 e. The Labute approximate surface area is 193 Å². The van der Waals surface area contributed by atoms with Gasteiger partial charge in [-0.15, -0.1) is 6.42 Å². The molecule has 0 bridgehead atoms. The van der Waals surface area contributed by atoms with Crippen LogP contribution in [0.25, 0.3) is 0 Å². The van der Waals surface area contributed by atoms with Crippen molar-refractivity contribution in [1.29, 1.82) is 0 Å². The molecular weight excluding hydrogens is 455 g/mol. The largest absolute Gasteiger partial charge is 0.463 e. The zero-order valence-corrected chi connectivity index (χ0v) is 18.9. The van der Waals surface area contributed by atoms with E-state index in [2.05, 4.69) is 26.2 Å². The third-order valence-corrected chi connectivity index (χ3v) is 7.01. The summed E-state index contributed by atoms with van der Waals surface area (Å²) in [5.74, 6) is 0.386. The first-order valence-electron chi connectivity index (χ1n) is 9.83. The fraction of sp³-hybridized carbons (Fsp3) is 0.364. The molecule has 11 heteroatoms. The Bertz CT molecular complexity index is 1120. The molecule has 2 heterocycles. The maximum atomic E-state index is 14.9. The van der Waals surface area contributed by atoms with Gasteiger partial charge in [-0.05, 0) is 32.0 Å². The standard InChI is InChI=1S/C22H22F3N5O2S/c1-5-8-32-17-11-27-16(10-28-17)18(31)29-13-6-7-15(23)14(9-13)21(3)12(2)22(4,19(24)25)33-20(26)30-21/h1,6-7,9-12,19H,8H2,2-4H3,(H2,26,30)(H,29,31)/t12-,21-,22-/m0/s1. The Balaban J connectivity index is 1.90. The van der Waals surface area contributed by atoms with Gasteiger partial charge in [0.25, 0.3) is 12.3 Å². The Hall–Kier alpha value is -3.26. The molecule has 0 aliphatic carbocycles. The van der Waals surface area contributed by atoms with E-state index in [-0.39, 0.29) is 34.6 Å². The number of amides is 1. The fourth-order valence-corrected chi connectivity index (χ4v) is 4.74. The van der Waals surface area contributed by atoms with Gasteiger partial charge >= 0.3 is 0 Å². The molecule has 2 aromatic rings. The van der Waals surface area contributed by atoms with Crippen molar-refractivity contribution >= 4 is 28.5 Å². The van der Waals surface area contributed by atoms with Gasteiger partial charge in [-0.25, -0.2) is 23.1 Å². The van der Waals surface area contributed by atoms with Crippen molar-refractivity contribution in [3.05, 3.63) is 47.7 Å². The molecule has 3 atom stereocenters. The summed E-state index contributed by atoms with van der Waals surface area (Å²) in [5, 5.41) is 2.54. The van der Waals surface area contributed by atoms with Gasteiger partial charge in [0.2, 0.25) is 5.88 Å². The zero-order chi connectivity index (χ0) is 24.4. The molecule has 1 aromatic carbocycles. The van der Waals surface area contributed by atoms with Crippen LogP contribution in [-0.4, -0.2) is 38.8 Å². The number of amidine groups is 1. The van der Waals surface area contributed by atoms with Crippen LogP contribution in [0.15, 0.2) is 35.6 Å². The van der Waals surface area contributed by atoms with E-state index in [0.717, 1.165) is 17.8 Å². The number of nitrogens with zero attached hydrogens (tertiary/aromatic N) is 3. The zero-order valence-electron chi connectivity index (χ0n) is 18.1. The van der Waals surface area contributed by atoms with Crippen LogP contribution in [0.2, 0.25) is 0 Å². The lowest BCUT2D eigenvalue weighted by atomic mass is 9.74. The van der Waals surface area contributed by atoms with Gasteiger partial charge in [0.1, 0.15) is 11.5 Å². The number of aliphatic imine (C=N–C) groups is 1. The van der Waals surface area contributed by atoms with Crippen molar-refractivity contribution in [2.45, 2.75) is 37.5 Å². The van der Waals surface area contributed by atoms with E-state index in [0.29, 0.717) is 0 Å². The summed E-state index contributed by atoms with van der Waals surface area (Å²) in [7, 11) is 0. The molecule has 0 radical (unpaired) electrons. The highest BCUT2D eigenvalue weighted by Gasteiger charge is 2.54. The number of nitrogens with one attached hydrogen (secondary N) is 1. The molecule has 33 heavy (non-hydrogen) atoms. The maximum absolute atomic E-state index is 14.9. The second kappa shape index (κ2) is 9.31. The molecule has 3 N–H and O–H groups in total. The number of anilines is 1. The Morgan fingerprint density at radius 1 is 1.36 bits per heavy atom. The number of nitrogens with two attached hydrogens (primary N) is 1. The number of alkyl halides is 2. The lowest BCUT2D eigenvalue weighted by Crippen LogP contribution is -2.52. The summed E-state index contributed by atoms with van der Waals surface area (Å²) in [4.78, 5) is 24.8. The molecule has 174 valence electrons. The number of carbonyl (C=O) groups is 1. The number of rotatable bonds is 6. The number of terminal acetylenes is 1. The molecule has 0 saturated heterocycles. The Kier molecular flexibility index (Phi) is 6.88. The number of thioether (sulfide) groups is 1. The summed E-state index contributed by atoms with van der Waals surface area (Å²) in [6, 6.07) is 3.85. The van der Waals surface area contributed by atoms with E-state index >= 15 is 0 Å². The van der Waals surface area contributed by atoms with Crippen molar-refractivity contribution in [2.24, 2.45) is 16.6 Å². The summed E-state index contributed by atoms with van der Waals surface area (Å²) in [6.07, 6.45) is 4.83. The van der Waals surface area contributed by atoms with Crippen LogP contribution in [-0.2, 0) is 5.54 Å². The van der Waals surface area contributed by atoms with Crippen molar-refractivity contribution in [3.63, 3.8) is 0 Å². The number of ether oxygens (including phenoxy) is 1. The molecule has 0 fully saturated rings. The normalized spacial score (nSPS) is 24.7. The first-order chi connectivity index (χ1) is 15.5. The third-order valence-electron chi connectivity index (χ3n) is 5.74. The quantitative estimate of drug-likeness (QED) is 0.614. The molecular formula is C22H22F3N5O2S. The third kappa shape index (κ3) is 4.75. The SMILES string of the molecule is C#CCOc1cnc(C(=O)Nc2ccc(F)c([C@@]3(C)N=C(N)S[C@](C)(C(F)F)[C@H]3C)c2)cn1. The monoisotopic (exact) mass is 477 g/mol. The number of carbonyl (C=O) groups excluding carboxylic acids is 1. The lowest BCUT2D eigenvalue weighted by Gasteiger charge is -2.46. The van der Waals surface area contributed by atoms with E-state index in [9.17, 15) is 18.0 Å². The van der Waals surface area contributed by atoms with Crippen molar-refractivity contribution in [2.75, 3.05) is 11.9 Å². The Morgan fingerprint density at radius 3 is 2.70 bits per heavy atom. The van der Waals surface area contributed by atoms with Gasteiger partial charge in [0.15, 0.2) is 11.8 Å². The molecule has 0 saturated carbocycles. The molecule has 1 amide bonds. The Morgan fingerprint density at radius 2 is 2.09 bits per heavy atom. The molecule has 3 rings (SSSR count). The second-order valence-electron chi connectivity index (χ2n) is 7.79. The first-order valence-corrected chi connectivity index (χ1v) is 10.6. The second-order valence-corrected chi connectivity index (χ2v) is 9.29. The summed E-state index contributed by atoms with van der Waals surface area (Å²) < 4.78 is 46.2. The van der Waals surface area contributed by atoms with Crippen molar-refractivity contribution < 1.29 is 22.7 Å². The average molecular weight is 478 g/mol. The summed E-state index contributed by atoms with van der Waals surface area (Å²) >= 11 is 0.775. The number of benzene rings is 1. The lowest BCUT2D eigenvalue weighted by molar-refractivity contribution is 0.0573. The highest BCUT2D eigenvalue weighted by molar-refractivity contribution is 8.15. The minimum absolute atomic E-state index is 0.00583. The first kappa shape index (κ1) is 24.4. The van der Waals surface area contributed by atoms with E-state index in [4.69, 9.17) is 16.9 Å². The molecule has 1 aromatic heterocycles. The van der Waals surface area contributed by atoms with Gasteiger partial charge in [0.05, 0.1) is 22.7 Å². The van der Waals surface area contributed by atoms with Crippen LogP contribution in [0.1, 0.15) is 36.8 Å². The van der Waals surface area contributed by atoms with Crippen LogP contribution in [0.5, 0.6) is 5.88 Å². The van der Waals surface area contributed by atoms with Gasteiger partial charge in [-0.1, -0.05) is 24.6 Å². The van der Waals surface area contributed by atoms with Crippen molar-refractivity contribution in [3.8, 4) is 18.2 Å². The topological polar surface area (TPSA) is 102 Å². The van der Waals surface area contributed by atoms with Gasteiger partial charge < -0.3 is 15.8 Å². The van der Waals surface area contributed by atoms with Gasteiger partial charge in [-0.3, -0.25) is 9.79 Å². The smallest absolute Gasteiger partial charge is 0.275 e. The van der Waals surface area contributed by atoms with E-state index in [1.165, 1.54) is 31.5 Å². The number of hydrogen-bond donors (Lipinski definition) is 2. The minimum atomic E-state index is -2.72. The van der Waals surface area contributed by atoms with E-state index < -0.39 is 34.4 Å². The minimum Gasteiger partial charge on any atom is -0.463 e. The molecule has 0 spiro atoms. The van der Waals surface area contributed by atoms with E-state index in [1.54, 1.807) is 13.8 Å². The van der Waals surface area contributed by atoms with Crippen LogP contribution in [0.3, 0.4) is 0 Å². The summed E-state index contributed by atoms with van der Waals surface area (Å²) in [5.41, 5.74) is 4.72. The number of aromatic nitrogens is 2. The van der Waals surface area contributed by atoms with Crippen molar-refractivity contribution in [1.82, 2.24) is 9.97 Å². The van der Waals surface area contributed by atoms with Crippen LogP contribution in [0, 0.1) is 24.1 Å². The molecule has 1 aliphatic heterocycles. The van der Waals surface area contributed by atoms with Crippen LogP contribution < -0.4 is 15.8 Å². The predicted molar refractivity (Wildman–Crippen MR) is 121 cm³/mol. The highest BCUT2D eigenvalue weighted by Crippen LogP contribution is 2.52. The fourth-order valence-electron chi connectivity index (χ4n) is 3.56. The van der Waals surface area contributed by atoms with Crippen LogP contribution in [0.4, 0.5) is 18.9 Å².